The Morgan fingerprint density at radius 3 is 2.00 bits per heavy atom. The van der Waals surface area contributed by atoms with Gasteiger partial charge in [-0.25, -0.2) is 0 Å². The zero-order valence-corrected chi connectivity index (χ0v) is 5.37. The second-order valence-corrected chi connectivity index (χ2v) is 1.17. The van der Waals surface area contributed by atoms with Crippen molar-refractivity contribution in [1.82, 2.24) is 0 Å². The van der Waals surface area contributed by atoms with E-state index in [-0.39, 0.29) is 6.47 Å². The molecular weight excluding hydrogens is 139 g/mol. The molecule has 0 aromatic heterocycles. The van der Waals surface area contributed by atoms with Crippen LogP contribution in [-0.4, -0.2) is 12.4 Å². The first kappa shape index (κ1) is 10.1. The highest BCUT2D eigenvalue weighted by Crippen LogP contribution is 1.62. The van der Waals surface area contributed by atoms with Crippen LogP contribution in [0.2, 0.25) is 0 Å². The third-order valence-electron chi connectivity index (χ3n) is 0.0364. The van der Waals surface area contributed by atoms with Crippen LogP contribution in [0, 0.1) is 0 Å². The van der Waals surface area contributed by atoms with Crippen LogP contribution in [0.25, 0.3) is 0 Å². The number of carbonyl (C=O) groups excluding carboxylic acids is 1. The molecule has 0 aliphatic heterocycles. The summed E-state index contributed by atoms with van der Waals surface area (Å²) in [5.74, 6) is 0.722. The lowest BCUT2D eigenvalue weighted by Crippen LogP contribution is -1.57. The Bertz CT molecular complexity index is 32.1. The number of hydrogen-bond acceptors (Lipinski definition) is 2. The van der Waals surface area contributed by atoms with Gasteiger partial charge in [-0.15, -0.1) is 11.6 Å². The predicted molar refractivity (Wildman–Crippen MR) is 29.4 cm³/mol. The lowest BCUT2D eigenvalue weighted by atomic mass is 11.0. The largest absolute Gasteiger partial charge is 0.350 e. The molecule has 0 aromatic rings. The normalized spacial score (nSPS) is 5.57. The molecule has 0 saturated heterocycles. The smallest absolute Gasteiger partial charge is 0.312 e. The van der Waals surface area contributed by atoms with E-state index in [0.29, 0.717) is 0 Å². The standard InChI is InChI=1S/C2H5Cl.CHClO2/c1-2-3;2-4-1-3/h2H2,1H3;1H. The maximum atomic E-state index is 8.82. The average molecular weight is 145 g/mol. The van der Waals surface area contributed by atoms with Gasteiger partial charge < -0.3 is 4.29 Å². The lowest BCUT2D eigenvalue weighted by Gasteiger charge is -1.59. The highest BCUT2D eigenvalue weighted by atomic mass is 35.5. The van der Waals surface area contributed by atoms with Crippen LogP contribution in [0.1, 0.15) is 6.92 Å². The maximum absolute atomic E-state index is 8.82. The second-order valence-electron chi connectivity index (χ2n) is 0.453. The van der Waals surface area contributed by atoms with Gasteiger partial charge in [-0.2, -0.15) is 0 Å². The molecule has 0 aromatic carbocycles. The summed E-state index contributed by atoms with van der Waals surface area (Å²) in [5.41, 5.74) is 0. The molecule has 0 heterocycles. The summed E-state index contributed by atoms with van der Waals surface area (Å²) in [7, 11) is 0. The van der Waals surface area contributed by atoms with E-state index >= 15 is 0 Å². The molecule has 0 aliphatic rings. The van der Waals surface area contributed by atoms with Crippen LogP contribution in [-0.2, 0) is 9.08 Å². The summed E-state index contributed by atoms with van der Waals surface area (Å²) in [6.07, 6.45) is 0. The fourth-order valence-corrected chi connectivity index (χ4v) is 0. The zero-order chi connectivity index (χ0) is 6.12. The molecule has 0 radical (unpaired) electrons. The molecule has 4 heteroatoms. The van der Waals surface area contributed by atoms with E-state index in [0.717, 1.165) is 5.88 Å². The van der Waals surface area contributed by atoms with E-state index in [2.05, 4.69) is 16.2 Å². The molecule has 0 fully saturated rings. The minimum absolute atomic E-state index is 0.140. The summed E-state index contributed by atoms with van der Waals surface area (Å²) in [6, 6.07) is 0. The number of halogens is 2. The van der Waals surface area contributed by atoms with Gasteiger partial charge in [-0.05, 0) is 0 Å². The Labute approximate surface area is 52.5 Å². The van der Waals surface area contributed by atoms with Crippen molar-refractivity contribution in [2.75, 3.05) is 5.88 Å². The number of hydrogen-bond donors (Lipinski definition) is 0. The number of alkyl halides is 1. The summed E-state index contributed by atoms with van der Waals surface area (Å²) in [4.78, 5) is 8.82. The highest BCUT2D eigenvalue weighted by Gasteiger charge is 1.50. The van der Waals surface area contributed by atoms with Gasteiger partial charge in [0.05, 0.1) is 0 Å². The van der Waals surface area contributed by atoms with E-state index in [9.17, 15) is 0 Å². The van der Waals surface area contributed by atoms with Crippen molar-refractivity contribution in [3.05, 3.63) is 0 Å². The van der Waals surface area contributed by atoms with E-state index in [1.165, 1.54) is 0 Å². The van der Waals surface area contributed by atoms with E-state index in [1.807, 2.05) is 6.92 Å². The lowest BCUT2D eigenvalue weighted by molar-refractivity contribution is -0.120. The molecular formula is C3H6Cl2O2. The minimum atomic E-state index is 0.140. The molecule has 0 unspecified atom stereocenters. The SMILES string of the molecule is CCCl.O=COCl. The summed E-state index contributed by atoms with van der Waals surface area (Å²) in [6.45, 7) is 2.03. The molecule has 0 spiro atoms. The molecule has 0 saturated carbocycles. The van der Waals surface area contributed by atoms with Crippen molar-refractivity contribution in [2.24, 2.45) is 0 Å². The van der Waals surface area contributed by atoms with Crippen molar-refractivity contribution in [3.63, 3.8) is 0 Å². The van der Waals surface area contributed by atoms with Gasteiger partial charge in [0.15, 0.2) is 0 Å². The Kier molecular flexibility index (Phi) is 24.0. The van der Waals surface area contributed by atoms with Crippen LogP contribution < -0.4 is 0 Å². The fourth-order valence-electron chi connectivity index (χ4n) is 0. The van der Waals surface area contributed by atoms with Crippen molar-refractivity contribution in [2.45, 2.75) is 6.92 Å². The molecule has 0 rings (SSSR count). The fraction of sp³-hybridized carbons (Fsp3) is 0.667. The number of carbonyl (C=O) groups is 1. The van der Waals surface area contributed by atoms with E-state index in [4.69, 9.17) is 16.4 Å². The van der Waals surface area contributed by atoms with E-state index in [1.54, 1.807) is 0 Å². The first-order chi connectivity index (χ1) is 3.33. The molecule has 0 bridgehead atoms. The van der Waals surface area contributed by atoms with Gasteiger partial charge >= 0.3 is 6.47 Å². The van der Waals surface area contributed by atoms with Gasteiger partial charge in [0.25, 0.3) is 0 Å². The molecule has 7 heavy (non-hydrogen) atoms. The second kappa shape index (κ2) is 16.6. The van der Waals surface area contributed by atoms with Crippen molar-refractivity contribution in [3.8, 4) is 0 Å². The third-order valence-corrected chi connectivity index (χ3v) is 0.109. The number of rotatable bonds is 1. The molecule has 0 aliphatic carbocycles. The highest BCUT2D eigenvalue weighted by molar-refractivity contribution is 6.17. The minimum Gasteiger partial charge on any atom is -0.350 e. The first-order valence-corrected chi connectivity index (χ1v) is 2.44. The topological polar surface area (TPSA) is 26.3 Å². The third kappa shape index (κ3) is 90.0. The van der Waals surface area contributed by atoms with Crippen LogP contribution in [0.5, 0.6) is 0 Å². The van der Waals surface area contributed by atoms with Crippen LogP contribution >= 0.6 is 23.5 Å². The monoisotopic (exact) mass is 144 g/mol. The Morgan fingerprint density at radius 1 is 1.86 bits per heavy atom. The van der Waals surface area contributed by atoms with Crippen LogP contribution in [0.4, 0.5) is 0 Å². The Balaban J connectivity index is 0. The predicted octanol–water partition coefficient (Wildman–Crippen LogP) is 1.56. The van der Waals surface area contributed by atoms with Crippen LogP contribution in [0.3, 0.4) is 0 Å². The average Bonchev–Trinajstić information content (AvgIpc) is 1.69. The molecule has 0 N–H and O–H groups in total. The van der Waals surface area contributed by atoms with Gasteiger partial charge in [0, 0.05) is 5.88 Å². The van der Waals surface area contributed by atoms with Gasteiger partial charge in [0.2, 0.25) is 0 Å². The quantitative estimate of drug-likeness (QED) is 0.413. The summed E-state index contributed by atoms with van der Waals surface area (Å²) >= 11 is 9.32. The summed E-state index contributed by atoms with van der Waals surface area (Å²) < 4.78 is 3.33. The summed E-state index contributed by atoms with van der Waals surface area (Å²) in [5, 5.41) is 0. The molecule has 0 atom stereocenters. The Hall–Kier alpha value is 0.0500. The maximum Gasteiger partial charge on any atom is 0.312 e. The molecule has 44 valence electrons. The van der Waals surface area contributed by atoms with Crippen molar-refractivity contribution < 1.29 is 9.08 Å². The van der Waals surface area contributed by atoms with Crippen molar-refractivity contribution in [1.29, 1.82) is 0 Å². The van der Waals surface area contributed by atoms with E-state index < -0.39 is 0 Å². The molecule has 0 amide bonds. The molecule has 2 nitrogen and oxygen atoms in total. The van der Waals surface area contributed by atoms with Crippen molar-refractivity contribution >= 4 is 29.9 Å². The van der Waals surface area contributed by atoms with Crippen LogP contribution in [0.15, 0.2) is 0 Å². The van der Waals surface area contributed by atoms with Gasteiger partial charge in [-0.3, -0.25) is 4.79 Å². The van der Waals surface area contributed by atoms with Gasteiger partial charge in [-0.1, -0.05) is 6.92 Å². The first-order valence-electron chi connectivity index (χ1n) is 1.60. The van der Waals surface area contributed by atoms with Gasteiger partial charge in [0.1, 0.15) is 11.9 Å². The Morgan fingerprint density at radius 2 is 2.00 bits per heavy atom. The zero-order valence-electron chi connectivity index (χ0n) is 3.86.